The van der Waals surface area contributed by atoms with E-state index in [1.54, 1.807) is 11.1 Å². The van der Waals surface area contributed by atoms with E-state index in [-0.39, 0.29) is 12.0 Å². The third-order valence-corrected chi connectivity index (χ3v) is 6.92. The lowest BCUT2D eigenvalue weighted by Crippen LogP contribution is -2.45. The molecule has 10 nitrogen and oxygen atoms in total. The number of nitrogens with zero attached hydrogens (tertiary/aromatic N) is 5. The van der Waals surface area contributed by atoms with Crippen molar-refractivity contribution in [2.45, 2.75) is 26.9 Å². The van der Waals surface area contributed by atoms with Crippen LogP contribution in [0.3, 0.4) is 0 Å². The minimum atomic E-state index is -0.248. The highest BCUT2D eigenvalue weighted by atomic mass is 16.5. The van der Waals surface area contributed by atoms with Crippen LogP contribution >= 0.6 is 0 Å². The summed E-state index contributed by atoms with van der Waals surface area (Å²) in [7, 11) is 1.81. The Balaban J connectivity index is 1.28. The van der Waals surface area contributed by atoms with Crippen LogP contribution in [0.1, 0.15) is 18.2 Å². The van der Waals surface area contributed by atoms with Gasteiger partial charge in [0, 0.05) is 31.5 Å². The maximum Gasteiger partial charge on any atom is 0.236 e. The summed E-state index contributed by atoms with van der Waals surface area (Å²) in [5, 5.41) is 4.20. The van der Waals surface area contributed by atoms with Crippen molar-refractivity contribution >= 4 is 28.3 Å². The summed E-state index contributed by atoms with van der Waals surface area (Å²) in [6.07, 6.45) is 3.00. The van der Waals surface area contributed by atoms with Crippen LogP contribution < -0.4 is 14.8 Å². The van der Waals surface area contributed by atoms with E-state index in [1.165, 1.54) is 6.33 Å². The largest absolute Gasteiger partial charge is 0.488 e. The maximum atomic E-state index is 12.8. The van der Waals surface area contributed by atoms with Crippen molar-refractivity contribution in [1.82, 2.24) is 24.8 Å². The zero-order chi connectivity index (χ0) is 28.8. The number of aromatic nitrogens is 3. The van der Waals surface area contributed by atoms with Crippen LogP contribution in [0.5, 0.6) is 17.2 Å². The average molecular weight is 557 g/mol. The lowest BCUT2D eigenvalue weighted by molar-refractivity contribution is -0.133. The second-order valence-corrected chi connectivity index (χ2v) is 10.3. The number of benzene rings is 2. The molecule has 0 unspecified atom stereocenters. The summed E-state index contributed by atoms with van der Waals surface area (Å²) in [4.78, 5) is 29.9. The van der Waals surface area contributed by atoms with Gasteiger partial charge in [0.1, 0.15) is 35.5 Å². The van der Waals surface area contributed by atoms with Crippen LogP contribution in [0.2, 0.25) is 0 Å². The molecule has 214 valence electrons. The number of rotatable bonds is 10. The second-order valence-electron chi connectivity index (χ2n) is 10.3. The number of hydrogen-bond donors (Lipinski definition) is 1. The Morgan fingerprint density at radius 1 is 1.07 bits per heavy atom. The number of likely N-dealkylation sites (N-methyl/N-ethyl adjacent to an activating group) is 1. The number of carbonyl (C=O) groups excluding carboxylic acids is 1. The Labute approximate surface area is 240 Å². The molecule has 1 aliphatic heterocycles. The van der Waals surface area contributed by atoms with E-state index >= 15 is 0 Å². The molecule has 3 heterocycles. The van der Waals surface area contributed by atoms with Crippen molar-refractivity contribution in [3.05, 3.63) is 72.3 Å². The Hall–Kier alpha value is -4.28. The number of carbonyl (C=O) groups is 1. The molecule has 1 aliphatic rings. The fraction of sp³-hybridized carbons (Fsp3) is 0.355. The van der Waals surface area contributed by atoms with Crippen LogP contribution in [0.4, 0.5) is 11.5 Å². The fourth-order valence-corrected chi connectivity index (χ4v) is 4.70. The van der Waals surface area contributed by atoms with Gasteiger partial charge in [0.15, 0.2) is 0 Å². The first-order chi connectivity index (χ1) is 19.9. The number of anilines is 2. The first-order valence-corrected chi connectivity index (χ1v) is 13.8. The molecule has 10 heteroatoms. The van der Waals surface area contributed by atoms with E-state index in [1.807, 2.05) is 76.3 Å². The molecule has 0 bridgehead atoms. The van der Waals surface area contributed by atoms with Crippen molar-refractivity contribution in [2.75, 3.05) is 51.8 Å². The van der Waals surface area contributed by atoms with Crippen molar-refractivity contribution < 1.29 is 19.0 Å². The zero-order valence-corrected chi connectivity index (χ0v) is 24.0. The predicted molar refractivity (Wildman–Crippen MR) is 158 cm³/mol. The van der Waals surface area contributed by atoms with Gasteiger partial charge in [-0.2, -0.15) is 0 Å². The Bertz CT molecular complexity index is 1480. The molecule has 41 heavy (non-hydrogen) atoms. The van der Waals surface area contributed by atoms with Gasteiger partial charge in [-0.3, -0.25) is 14.7 Å². The second kappa shape index (κ2) is 12.9. The van der Waals surface area contributed by atoms with E-state index in [0.717, 1.165) is 46.7 Å². The van der Waals surface area contributed by atoms with Gasteiger partial charge in [-0.15, -0.1) is 0 Å². The summed E-state index contributed by atoms with van der Waals surface area (Å²) in [5.74, 6) is 2.78. The van der Waals surface area contributed by atoms with E-state index in [4.69, 9.17) is 14.2 Å². The SMILES string of the molecule is Cc1ccc(Oc2ccc(Nc3ncnc4cccc(O[C@H](C)CN(C)C(=O)CN5CCOCC5)c34)cc2C)cn1. The van der Waals surface area contributed by atoms with Crippen molar-refractivity contribution in [1.29, 1.82) is 0 Å². The van der Waals surface area contributed by atoms with E-state index in [9.17, 15) is 4.79 Å². The molecule has 1 amide bonds. The van der Waals surface area contributed by atoms with Crippen LogP contribution in [0.15, 0.2) is 61.1 Å². The van der Waals surface area contributed by atoms with E-state index in [2.05, 4.69) is 25.2 Å². The molecule has 5 rings (SSSR count). The number of hydrogen-bond acceptors (Lipinski definition) is 9. The van der Waals surface area contributed by atoms with Gasteiger partial charge < -0.3 is 24.4 Å². The summed E-state index contributed by atoms with van der Waals surface area (Å²) in [6, 6.07) is 15.4. The Kier molecular flexibility index (Phi) is 8.91. The number of morpholine rings is 1. The van der Waals surface area contributed by atoms with Gasteiger partial charge in [0.25, 0.3) is 0 Å². The highest BCUT2D eigenvalue weighted by molar-refractivity contribution is 5.95. The number of nitrogens with one attached hydrogen (secondary N) is 1. The molecule has 1 N–H and O–H groups in total. The van der Waals surface area contributed by atoms with Gasteiger partial charge in [-0.05, 0) is 68.8 Å². The normalized spacial score (nSPS) is 14.4. The molecule has 2 aromatic heterocycles. The number of pyridine rings is 1. The minimum Gasteiger partial charge on any atom is -0.488 e. The molecule has 4 aromatic rings. The summed E-state index contributed by atoms with van der Waals surface area (Å²) in [6.45, 7) is 9.61. The molecule has 0 aliphatic carbocycles. The monoisotopic (exact) mass is 556 g/mol. The van der Waals surface area contributed by atoms with Gasteiger partial charge in [0.05, 0.1) is 43.4 Å². The topological polar surface area (TPSA) is 102 Å². The molecule has 0 radical (unpaired) electrons. The average Bonchev–Trinajstić information content (AvgIpc) is 2.96. The van der Waals surface area contributed by atoms with Gasteiger partial charge >= 0.3 is 0 Å². The highest BCUT2D eigenvalue weighted by Gasteiger charge is 2.20. The van der Waals surface area contributed by atoms with E-state index < -0.39 is 0 Å². The van der Waals surface area contributed by atoms with Crippen LogP contribution in [0.25, 0.3) is 10.9 Å². The predicted octanol–water partition coefficient (Wildman–Crippen LogP) is 4.74. The first-order valence-electron chi connectivity index (χ1n) is 13.8. The molecule has 1 atom stereocenters. The quantitative estimate of drug-likeness (QED) is 0.297. The molecule has 1 fully saturated rings. The molecule has 1 saturated heterocycles. The fourth-order valence-electron chi connectivity index (χ4n) is 4.70. The van der Waals surface area contributed by atoms with Gasteiger partial charge in [0.2, 0.25) is 5.91 Å². The summed E-state index contributed by atoms with van der Waals surface area (Å²) in [5.41, 5.74) is 3.51. The standard InChI is InChI=1S/C31H36N6O4/c1-21-16-24(9-11-27(21)41-25-10-8-22(2)32-17-25)35-31-30-26(33-20-34-31)6-5-7-28(30)40-23(3)18-36(4)29(38)19-37-12-14-39-15-13-37/h5-11,16-17,20,23H,12-15,18-19H2,1-4H3,(H,33,34,35)/t23-/m1/s1. The van der Waals surface area contributed by atoms with Crippen LogP contribution in [-0.2, 0) is 9.53 Å². The lowest BCUT2D eigenvalue weighted by Gasteiger charge is -2.29. The van der Waals surface area contributed by atoms with Crippen molar-refractivity contribution in [3.63, 3.8) is 0 Å². The molecule has 0 saturated carbocycles. The highest BCUT2D eigenvalue weighted by Crippen LogP contribution is 2.34. The third kappa shape index (κ3) is 7.27. The number of ether oxygens (including phenoxy) is 3. The lowest BCUT2D eigenvalue weighted by atomic mass is 10.1. The molecular formula is C31H36N6O4. The van der Waals surface area contributed by atoms with Crippen LogP contribution in [-0.4, -0.2) is 83.2 Å². The number of fused-ring (bicyclic) bond motifs is 1. The third-order valence-electron chi connectivity index (χ3n) is 6.92. The van der Waals surface area contributed by atoms with Crippen molar-refractivity contribution in [3.8, 4) is 17.2 Å². The smallest absolute Gasteiger partial charge is 0.236 e. The van der Waals surface area contributed by atoms with E-state index in [0.29, 0.717) is 43.6 Å². The number of aryl methyl sites for hydroxylation is 2. The first kappa shape index (κ1) is 28.3. The molecular weight excluding hydrogens is 520 g/mol. The number of amides is 1. The van der Waals surface area contributed by atoms with Crippen molar-refractivity contribution in [2.24, 2.45) is 0 Å². The Morgan fingerprint density at radius 2 is 1.90 bits per heavy atom. The minimum absolute atomic E-state index is 0.0624. The van der Waals surface area contributed by atoms with Gasteiger partial charge in [-0.25, -0.2) is 9.97 Å². The maximum absolute atomic E-state index is 12.8. The summed E-state index contributed by atoms with van der Waals surface area (Å²) >= 11 is 0. The molecule has 2 aromatic carbocycles. The van der Waals surface area contributed by atoms with Gasteiger partial charge in [-0.1, -0.05) is 6.07 Å². The summed E-state index contributed by atoms with van der Waals surface area (Å²) < 4.78 is 17.8. The Morgan fingerprint density at radius 3 is 2.66 bits per heavy atom. The van der Waals surface area contributed by atoms with Crippen LogP contribution in [0, 0.1) is 13.8 Å². The molecule has 0 spiro atoms. The zero-order valence-electron chi connectivity index (χ0n) is 24.0.